The maximum atomic E-state index is 12.8. The van der Waals surface area contributed by atoms with Gasteiger partial charge in [0, 0.05) is 30.9 Å². The molecule has 2 aromatic heterocycles. The van der Waals surface area contributed by atoms with Crippen molar-refractivity contribution in [3.05, 3.63) is 64.4 Å². The molecule has 1 saturated heterocycles. The molecule has 0 saturated carbocycles. The summed E-state index contributed by atoms with van der Waals surface area (Å²) in [4.78, 5) is 16.7. The summed E-state index contributed by atoms with van der Waals surface area (Å²) in [5.41, 5.74) is 1.69. The largest absolute Gasteiger partial charge is 0.337 e. The Bertz CT molecular complexity index is 1160. The molecule has 1 fully saturated rings. The van der Waals surface area contributed by atoms with Crippen molar-refractivity contribution >= 4 is 10.0 Å². The van der Waals surface area contributed by atoms with E-state index >= 15 is 0 Å². The SMILES string of the molecule is CCc1ccc(-c2noc(Cn3cc(S(=O)(=O)N4CCCC4)ccc3=O)n2)cc1. The normalized spacial score (nSPS) is 15.1. The maximum Gasteiger partial charge on any atom is 0.251 e. The average Bonchev–Trinajstić information content (AvgIpc) is 3.42. The summed E-state index contributed by atoms with van der Waals surface area (Å²) in [6, 6.07) is 10.4. The van der Waals surface area contributed by atoms with Crippen molar-refractivity contribution in [3.8, 4) is 11.4 Å². The van der Waals surface area contributed by atoms with E-state index in [0.29, 0.717) is 18.9 Å². The summed E-state index contributed by atoms with van der Waals surface area (Å²) >= 11 is 0. The molecule has 0 unspecified atom stereocenters. The van der Waals surface area contributed by atoms with Crippen LogP contribution in [0.3, 0.4) is 0 Å². The molecule has 0 atom stereocenters. The maximum absolute atomic E-state index is 12.8. The first kappa shape index (κ1) is 19.5. The van der Waals surface area contributed by atoms with Crippen LogP contribution >= 0.6 is 0 Å². The van der Waals surface area contributed by atoms with E-state index in [-0.39, 0.29) is 22.9 Å². The van der Waals surface area contributed by atoms with Crippen LogP contribution in [0.25, 0.3) is 11.4 Å². The molecule has 9 heteroatoms. The molecular formula is C20H22N4O4S. The van der Waals surface area contributed by atoms with E-state index in [9.17, 15) is 13.2 Å². The van der Waals surface area contributed by atoms with Gasteiger partial charge in [0.25, 0.3) is 5.56 Å². The van der Waals surface area contributed by atoms with E-state index in [1.807, 2.05) is 24.3 Å². The Hall–Kier alpha value is -2.78. The Labute approximate surface area is 168 Å². The van der Waals surface area contributed by atoms with Crippen LogP contribution in [0.1, 0.15) is 31.2 Å². The summed E-state index contributed by atoms with van der Waals surface area (Å²) in [7, 11) is -3.61. The van der Waals surface area contributed by atoms with Crippen molar-refractivity contribution in [2.75, 3.05) is 13.1 Å². The fourth-order valence-corrected chi connectivity index (χ4v) is 4.87. The van der Waals surface area contributed by atoms with Gasteiger partial charge in [0.15, 0.2) is 0 Å². The lowest BCUT2D eigenvalue weighted by molar-refractivity contribution is 0.369. The summed E-state index contributed by atoms with van der Waals surface area (Å²) in [5, 5.41) is 3.97. The second-order valence-corrected chi connectivity index (χ2v) is 8.94. The number of aromatic nitrogens is 3. The van der Waals surface area contributed by atoms with Gasteiger partial charge >= 0.3 is 0 Å². The van der Waals surface area contributed by atoms with Crippen LogP contribution in [-0.2, 0) is 23.0 Å². The number of nitrogens with zero attached hydrogens (tertiary/aromatic N) is 4. The molecule has 0 N–H and O–H groups in total. The number of pyridine rings is 1. The van der Waals surface area contributed by atoms with Crippen molar-refractivity contribution in [1.82, 2.24) is 19.0 Å². The number of aryl methyl sites for hydroxylation is 1. The highest BCUT2D eigenvalue weighted by Crippen LogP contribution is 2.20. The molecule has 4 rings (SSSR count). The van der Waals surface area contributed by atoms with E-state index in [1.54, 1.807) is 0 Å². The van der Waals surface area contributed by atoms with Crippen molar-refractivity contribution in [2.45, 2.75) is 37.6 Å². The molecule has 0 spiro atoms. The van der Waals surface area contributed by atoms with E-state index in [0.717, 1.165) is 24.8 Å². The van der Waals surface area contributed by atoms with Crippen LogP contribution in [0.15, 0.2) is 56.8 Å². The highest BCUT2D eigenvalue weighted by molar-refractivity contribution is 7.89. The standard InChI is InChI=1S/C20H22N4O4S/c1-2-15-5-7-16(8-6-15)20-21-18(28-22-20)14-23-13-17(9-10-19(23)25)29(26,27)24-11-3-4-12-24/h5-10,13H,2-4,11-12,14H2,1H3. The molecule has 29 heavy (non-hydrogen) atoms. The topological polar surface area (TPSA) is 98.3 Å². The van der Waals surface area contributed by atoms with Gasteiger partial charge in [0.1, 0.15) is 6.54 Å². The van der Waals surface area contributed by atoms with E-state index in [1.165, 1.54) is 32.8 Å². The molecule has 1 aliphatic heterocycles. The van der Waals surface area contributed by atoms with E-state index in [4.69, 9.17) is 4.52 Å². The summed E-state index contributed by atoms with van der Waals surface area (Å²) in [6.07, 6.45) is 3.99. The van der Waals surface area contributed by atoms with Crippen LogP contribution < -0.4 is 5.56 Å². The Balaban J connectivity index is 1.58. The predicted molar refractivity (Wildman–Crippen MR) is 107 cm³/mol. The van der Waals surface area contributed by atoms with Crippen LogP contribution in [-0.4, -0.2) is 40.5 Å². The molecule has 1 aliphatic rings. The Kier molecular flexibility index (Phi) is 5.33. The molecule has 0 aliphatic carbocycles. The third kappa shape index (κ3) is 4.01. The highest BCUT2D eigenvalue weighted by atomic mass is 32.2. The minimum atomic E-state index is -3.61. The number of rotatable bonds is 6. The first-order valence-corrected chi connectivity index (χ1v) is 11.0. The minimum absolute atomic E-state index is 0.00222. The van der Waals surface area contributed by atoms with Crippen LogP contribution in [0.5, 0.6) is 0 Å². The van der Waals surface area contributed by atoms with Crippen LogP contribution in [0.4, 0.5) is 0 Å². The lowest BCUT2D eigenvalue weighted by atomic mass is 10.1. The second-order valence-electron chi connectivity index (χ2n) is 7.00. The smallest absolute Gasteiger partial charge is 0.251 e. The van der Waals surface area contributed by atoms with Crippen molar-refractivity contribution in [2.24, 2.45) is 0 Å². The van der Waals surface area contributed by atoms with E-state index < -0.39 is 10.0 Å². The highest BCUT2D eigenvalue weighted by Gasteiger charge is 2.27. The van der Waals surface area contributed by atoms with Gasteiger partial charge in [-0.3, -0.25) is 4.79 Å². The van der Waals surface area contributed by atoms with Gasteiger partial charge in [-0.25, -0.2) is 8.42 Å². The second kappa shape index (κ2) is 7.92. The van der Waals surface area contributed by atoms with Gasteiger partial charge in [0.05, 0.1) is 4.90 Å². The van der Waals surface area contributed by atoms with Gasteiger partial charge in [0.2, 0.25) is 21.7 Å². The minimum Gasteiger partial charge on any atom is -0.337 e. The average molecular weight is 414 g/mol. The summed E-state index contributed by atoms with van der Waals surface area (Å²) in [6.45, 7) is 3.09. The van der Waals surface area contributed by atoms with Crippen LogP contribution in [0.2, 0.25) is 0 Å². The summed E-state index contributed by atoms with van der Waals surface area (Å²) in [5.74, 6) is 0.661. The monoisotopic (exact) mass is 414 g/mol. The lowest BCUT2D eigenvalue weighted by Gasteiger charge is -2.16. The van der Waals surface area contributed by atoms with Crippen molar-refractivity contribution in [3.63, 3.8) is 0 Å². The lowest BCUT2D eigenvalue weighted by Crippen LogP contribution is -2.29. The molecular weight excluding hydrogens is 392 g/mol. The third-order valence-electron chi connectivity index (χ3n) is 5.05. The van der Waals surface area contributed by atoms with E-state index in [2.05, 4.69) is 17.1 Å². The third-order valence-corrected chi connectivity index (χ3v) is 6.94. The Morgan fingerprint density at radius 2 is 1.79 bits per heavy atom. The molecule has 0 radical (unpaired) electrons. The van der Waals surface area contributed by atoms with Crippen molar-refractivity contribution < 1.29 is 12.9 Å². The predicted octanol–water partition coefficient (Wildman–Crippen LogP) is 2.29. The zero-order valence-electron chi connectivity index (χ0n) is 16.1. The number of hydrogen-bond acceptors (Lipinski definition) is 6. The Morgan fingerprint density at radius 1 is 1.07 bits per heavy atom. The molecule has 1 aromatic carbocycles. The summed E-state index contributed by atoms with van der Waals surface area (Å²) < 4.78 is 33.5. The molecule has 3 heterocycles. The number of sulfonamides is 1. The molecule has 0 amide bonds. The molecule has 0 bridgehead atoms. The van der Waals surface area contributed by atoms with Gasteiger partial charge in [-0.05, 0) is 30.9 Å². The van der Waals surface area contributed by atoms with Gasteiger partial charge in [-0.2, -0.15) is 9.29 Å². The zero-order chi connectivity index (χ0) is 20.4. The van der Waals surface area contributed by atoms with Gasteiger partial charge in [-0.15, -0.1) is 0 Å². The number of benzene rings is 1. The molecule has 8 nitrogen and oxygen atoms in total. The fourth-order valence-electron chi connectivity index (χ4n) is 3.33. The van der Waals surface area contributed by atoms with Crippen molar-refractivity contribution in [1.29, 1.82) is 0 Å². The molecule has 152 valence electrons. The first-order valence-electron chi connectivity index (χ1n) is 9.60. The van der Waals surface area contributed by atoms with Gasteiger partial charge < -0.3 is 9.09 Å². The van der Waals surface area contributed by atoms with Crippen LogP contribution in [0, 0.1) is 0 Å². The number of hydrogen-bond donors (Lipinski definition) is 0. The first-order chi connectivity index (χ1) is 14.0. The molecule has 3 aromatic rings. The van der Waals surface area contributed by atoms with Gasteiger partial charge in [-0.1, -0.05) is 36.3 Å². The Morgan fingerprint density at radius 3 is 2.48 bits per heavy atom. The zero-order valence-corrected chi connectivity index (χ0v) is 16.9. The fraction of sp³-hybridized carbons (Fsp3) is 0.350. The quantitative estimate of drug-likeness (QED) is 0.614.